The number of halogens is 2. The number of benzene rings is 1. The molecule has 1 saturated heterocycles. The SMILES string of the molecule is Nc1cncc2ccc(N3CC4C(C3)C4(F)F)cc12. The average Bonchev–Trinajstić information content (AvgIpc) is 2.80. The van der Waals surface area contributed by atoms with E-state index in [-0.39, 0.29) is 0 Å². The third-order valence-corrected chi connectivity index (χ3v) is 4.34. The number of nitrogen functional groups attached to an aromatic ring is 1. The van der Waals surface area contributed by atoms with Crippen LogP contribution in [0.5, 0.6) is 0 Å². The summed E-state index contributed by atoms with van der Waals surface area (Å²) >= 11 is 0. The van der Waals surface area contributed by atoms with Gasteiger partial charge in [-0.2, -0.15) is 0 Å². The van der Waals surface area contributed by atoms with Crippen LogP contribution in [-0.4, -0.2) is 24.0 Å². The fourth-order valence-corrected chi connectivity index (χ4v) is 3.09. The summed E-state index contributed by atoms with van der Waals surface area (Å²) in [4.78, 5) is 6.06. The van der Waals surface area contributed by atoms with E-state index in [9.17, 15) is 8.78 Å². The Hall–Kier alpha value is -1.91. The van der Waals surface area contributed by atoms with Gasteiger partial charge in [-0.25, -0.2) is 8.78 Å². The highest BCUT2D eigenvalue weighted by Crippen LogP contribution is 2.59. The van der Waals surface area contributed by atoms with Crippen molar-refractivity contribution in [1.82, 2.24) is 4.98 Å². The monoisotopic (exact) mass is 261 g/mol. The molecule has 0 spiro atoms. The Morgan fingerprint density at radius 3 is 2.68 bits per heavy atom. The zero-order chi connectivity index (χ0) is 13.2. The fraction of sp³-hybridized carbons (Fsp3) is 0.357. The summed E-state index contributed by atoms with van der Waals surface area (Å²) in [5.74, 6) is -3.35. The second kappa shape index (κ2) is 3.35. The summed E-state index contributed by atoms with van der Waals surface area (Å²) in [7, 11) is 0. The Labute approximate surface area is 109 Å². The number of rotatable bonds is 1. The first-order valence-corrected chi connectivity index (χ1v) is 6.33. The minimum atomic E-state index is -2.43. The van der Waals surface area contributed by atoms with Gasteiger partial charge in [-0.1, -0.05) is 6.07 Å². The van der Waals surface area contributed by atoms with E-state index in [0.29, 0.717) is 18.8 Å². The molecular formula is C14H13F2N3. The third kappa shape index (κ3) is 1.44. The molecule has 1 aliphatic heterocycles. The van der Waals surface area contributed by atoms with Gasteiger partial charge in [-0.05, 0) is 12.1 Å². The lowest BCUT2D eigenvalue weighted by molar-refractivity contribution is 0.0798. The summed E-state index contributed by atoms with van der Waals surface area (Å²) in [6, 6.07) is 5.86. The predicted octanol–water partition coefficient (Wildman–Crippen LogP) is 2.52. The van der Waals surface area contributed by atoms with Crippen molar-refractivity contribution in [2.45, 2.75) is 5.92 Å². The lowest BCUT2D eigenvalue weighted by Crippen LogP contribution is -2.27. The molecule has 3 nitrogen and oxygen atoms in total. The second-order valence-electron chi connectivity index (χ2n) is 5.43. The smallest absolute Gasteiger partial charge is 0.258 e. The van der Waals surface area contributed by atoms with E-state index in [1.165, 1.54) is 0 Å². The van der Waals surface area contributed by atoms with Crippen molar-refractivity contribution >= 4 is 22.1 Å². The van der Waals surface area contributed by atoms with E-state index in [0.717, 1.165) is 16.5 Å². The van der Waals surface area contributed by atoms with Crippen LogP contribution in [0.2, 0.25) is 0 Å². The van der Waals surface area contributed by atoms with Gasteiger partial charge < -0.3 is 10.6 Å². The van der Waals surface area contributed by atoms with Crippen LogP contribution in [0.4, 0.5) is 20.2 Å². The van der Waals surface area contributed by atoms with Gasteiger partial charge in [-0.3, -0.25) is 4.98 Å². The number of nitrogens with zero attached hydrogens (tertiary/aromatic N) is 2. The first-order valence-electron chi connectivity index (χ1n) is 6.33. The van der Waals surface area contributed by atoms with Crippen LogP contribution in [0.25, 0.3) is 10.8 Å². The number of fused-ring (bicyclic) bond motifs is 2. The Bertz CT molecular complexity index is 657. The predicted molar refractivity (Wildman–Crippen MR) is 70.3 cm³/mol. The molecule has 2 atom stereocenters. The number of aromatic nitrogens is 1. The maximum absolute atomic E-state index is 13.2. The van der Waals surface area contributed by atoms with Crippen molar-refractivity contribution in [2.75, 3.05) is 23.7 Å². The Morgan fingerprint density at radius 1 is 1.21 bits per heavy atom. The zero-order valence-electron chi connectivity index (χ0n) is 10.2. The van der Waals surface area contributed by atoms with Crippen LogP contribution in [0.1, 0.15) is 0 Å². The van der Waals surface area contributed by atoms with Crippen LogP contribution in [0.3, 0.4) is 0 Å². The lowest BCUT2D eigenvalue weighted by Gasteiger charge is -2.22. The maximum atomic E-state index is 13.2. The van der Waals surface area contributed by atoms with Gasteiger partial charge in [0.15, 0.2) is 0 Å². The van der Waals surface area contributed by atoms with E-state index in [2.05, 4.69) is 4.98 Å². The number of hydrogen-bond acceptors (Lipinski definition) is 3. The quantitative estimate of drug-likeness (QED) is 0.857. The van der Waals surface area contributed by atoms with Crippen molar-refractivity contribution in [3.63, 3.8) is 0 Å². The highest BCUT2D eigenvalue weighted by molar-refractivity contribution is 5.94. The molecule has 2 aliphatic rings. The number of anilines is 2. The molecule has 19 heavy (non-hydrogen) atoms. The van der Waals surface area contributed by atoms with Gasteiger partial charge in [0, 0.05) is 35.7 Å². The maximum Gasteiger partial charge on any atom is 0.258 e. The molecule has 1 aliphatic carbocycles. The molecule has 1 aromatic carbocycles. The first kappa shape index (κ1) is 11.0. The van der Waals surface area contributed by atoms with Gasteiger partial charge in [0.1, 0.15) is 0 Å². The minimum absolute atomic E-state index is 0.439. The number of nitrogens with two attached hydrogens (primary N) is 1. The van der Waals surface area contributed by atoms with Gasteiger partial charge in [-0.15, -0.1) is 0 Å². The van der Waals surface area contributed by atoms with E-state index in [4.69, 9.17) is 5.73 Å². The molecule has 4 rings (SSSR count). The molecule has 5 heteroatoms. The zero-order valence-corrected chi connectivity index (χ0v) is 10.2. The largest absolute Gasteiger partial charge is 0.397 e. The van der Waals surface area contributed by atoms with Crippen molar-refractivity contribution < 1.29 is 8.78 Å². The lowest BCUT2D eigenvalue weighted by atomic mass is 10.1. The number of alkyl halides is 2. The van der Waals surface area contributed by atoms with E-state index >= 15 is 0 Å². The summed E-state index contributed by atoms with van der Waals surface area (Å²) in [6.07, 6.45) is 3.37. The average molecular weight is 261 g/mol. The van der Waals surface area contributed by atoms with Crippen LogP contribution in [0.15, 0.2) is 30.6 Å². The van der Waals surface area contributed by atoms with E-state index in [1.807, 2.05) is 23.1 Å². The molecule has 2 fully saturated rings. The Kier molecular flexibility index (Phi) is 1.93. The molecule has 0 bridgehead atoms. The molecule has 2 N–H and O–H groups in total. The third-order valence-electron chi connectivity index (χ3n) is 4.34. The van der Waals surface area contributed by atoms with Crippen molar-refractivity contribution in [3.05, 3.63) is 30.6 Å². The summed E-state index contributed by atoms with van der Waals surface area (Å²) in [5, 5.41) is 1.90. The van der Waals surface area contributed by atoms with Gasteiger partial charge >= 0.3 is 0 Å². The van der Waals surface area contributed by atoms with Crippen molar-refractivity contribution in [2.24, 2.45) is 11.8 Å². The summed E-state index contributed by atoms with van der Waals surface area (Å²) in [6.45, 7) is 0.877. The van der Waals surface area contributed by atoms with Gasteiger partial charge in [0.25, 0.3) is 5.92 Å². The number of hydrogen-bond donors (Lipinski definition) is 1. The highest BCUT2D eigenvalue weighted by atomic mass is 19.3. The van der Waals surface area contributed by atoms with Crippen LogP contribution in [-0.2, 0) is 0 Å². The topological polar surface area (TPSA) is 42.1 Å². The van der Waals surface area contributed by atoms with Crippen molar-refractivity contribution in [3.8, 4) is 0 Å². The Morgan fingerprint density at radius 2 is 1.95 bits per heavy atom. The summed E-state index contributed by atoms with van der Waals surface area (Å²) < 4.78 is 26.4. The minimum Gasteiger partial charge on any atom is -0.397 e. The molecule has 1 aromatic heterocycles. The Balaban J connectivity index is 1.68. The molecule has 0 amide bonds. The molecule has 98 valence electrons. The highest BCUT2D eigenvalue weighted by Gasteiger charge is 2.71. The standard InChI is InChI=1S/C14H13F2N3/c15-14(16)11-6-19(7-12(11)14)9-2-1-8-4-18-5-13(17)10(8)3-9/h1-5,11-12H,6-7,17H2. The van der Waals surface area contributed by atoms with Crippen LogP contribution >= 0.6 is 0 Å². The molecule has 0 radical (unpaired) electrons. The summed E-state index contributed by atoms with van der Waals surface area (Å²) in [5.41, 5.74) is 7.49. The van der Waals surface area contributed by atoms with Crippen LogP contribution < -0.4 is 10.6 Å². The number of piperidine rings is 1. The van der Waals surface area contributed by atoms with E-state index < -0.39 is 17.8 Å². The normalized spacial score (nSPS) is 27.6. The van der Waals surface area contributed by atoms with E-state index in [1.54, 1.807) is 12.4 Å². The first-order chi connectivity index (χ1) is 9.07. The molecule has 2 unspecified atom stereocenters. The van der Waals surface area contributed by atoms with Crippen LogP contribution in [0, 0.1) is 11.8 Å². The van der Waals surface area contributed by atoms with Gasteiger partial charge in [0.2, 0.25) is 0 Å². The molecular weight excluding hydrogens is 248 g/mol. The fourth-order valence-electron chi connectivity index (χ4n) is 3.09. The number of pyridine rings is 1. The molecule has 2 heterocycles. The second-order valence-corrected chi connectivity index (χ2v) is 5.43. The molecule has 2 aromatic rings. The van der Waals surface area contributed by atoms with Gasteiger partial charge in [0.05, 0.1) is 23.7 Å². The molecule has 1 saturated carbocycles. The van der Waals surface area contributed by atoms with Crippen molar-refractivity contribution in [1.29, 1.82) is 0 Å².